The van der Waals surface area contributed by atoms with Crippen molar-refractivity contribution in [2.75, 3.05) is 0 Å². The van der Waals surface area contributed by atoms with Crippen LogP contribution in [-0.2, 0) is 0 Å². The molecule has 0 amide bonds. The zero-order chi connectivity index (χ0) is 41.6. The standard InChI is InChI=1S/C59H41N3S/c1-36-23-30-51(40-16-3-2-4-17-40)60-59(44-25-24-37-13-5-6-18-41(37)31-44)61-56(36)45-34-53(55-49-29-27-39-15-10-12-22-47(39)58(49)63-54(55)35-45)62-52-33-43-20-8-7-19-42(43)32-50(52)48-28-26-38-14-9-11-21-46(38)57(48)62/h2-22,24-29,31-36,56H,23,30H2,1H3. The van der Waals surface area contributed by atoms with Crippen LogP contribution in [0.3, 0.4) is 0 Å². The zero-order valence-corrected chi connectivity index (χ0v) is 35.6. The molecule has 0 fully saturated rings. The van der Waals surface area contributed by atoms with Crippen molar-refractivity contribution in [3.63, 3.8) is 0 Å². The van der Waals surface area contributed by atoms with Crippen LogP contribution in [0.5, 0.6) is 0 Å². The number of rotatable bonds is 4. The number of nitrogens with zero attached hydrogens (tertiary/aromatic N) is 3. The normalized spacial score (nSPS) is 16.1. The van der Waals surface area contributed by atoms with Crippen molar-refractivity contribution in [3.8, 4) is 5.69 Å². The maximum atomic E-state index is 5.81. The van der Waals surface area contributed by atoms with E-state index in [0.29, 0.717) is 0 Å². The summed E-state index contributed by atoms with van der Waals surface area (Å²) in [4.78, 5) is 11.3. The summed E-state index contributed by atoms with van der Waals surface area (Å²) in [5, 5.41) is 15.0. The van der Waals surface area contributed by atoms with Gasteiger partial charge in [-0.3, -0.25) is 4.99 Å². The Bertz CT molecular complexity index is 3890. The highest BCUT2D eigenvalue weighted by Crippen LogP contribution is 2.47. The summed E-state index contributed by atoms with van der Waals surface area (Å²) in [6.45, 7) is 2.39. The van der Waals surface area contributed by atoms with Crippen LogP contribution in [0.15, 0.2) is 204 Å². The molecule has 2 atom stereocenters. The number of fused-ring (bicyclic) bond motifs is 12. The van der Waals surface area contributed by atoms with Crippen molar-refractivity contribution >= 4 is 108 Å². The maximum absolute atomic E-state index is 5.81. The Morgan fingerprint density at radius 3 is 1.94 bits per heavy atom. The van der Waals surface area contributed by atoms with E-state index in [2.05, 4.69) is 206 Å². The summed E-state index contributed by atoms with van der Waals surface area (Å²) < 4.78 is 5.19. The summed E-state index contributed by atoms with van der Waals surface area (Å²) >= 11 is 1.92. The lowest BCUT2D eigenvalue weighted by Gasteiger charge is -2.26. The molecule has 0 saturated carbocycles. The summed E-state index contributed by atoms with van der Waals surface area (Å²) in [6, 6.07) is 71.4. The lowest BCUT2D eigenvalue weighted by Crippen LogP contribution is -2.18. The number of thiophene rings is 1. The van der Waals surface area contributed by atoms with Crippen molar-refractivity contribution in [2.24, 2.45) is 15.9 Å². The highest BCUT2D eigenvalue weighted by Gasteiger charge is 2.28. The Morgan fingerprint density at radius 1 is 0.508 bits per heavy atom. The van der Waals surface area contributed by atoms with Crippen molar-refractivity contribution in [1.29, 1.82) is 0 Å². The van der Waals surface area contributed by atoms with E-state index in [4.69, 9.17) is 9.98 Å². The molecule has 1 aliphatic rings. The molecule has 2 unspecified atom stereocenters. The first-order valence-electron chi connectivity index (χ1n) is 22.1. The van der Waals surface area contributed by atoms with Crippen molar-refractivity contribution < 1.29 is 0 Å². The molecule has 4 heteroatoms. The Labute approximate surface area is 368 Å². The fourth-order valence-electron chi connectivity index (χ4n) is 10.4. The van der Waals surface area contributed by atoms with Crippen LogP contribution < -0.4 is 0 Å². The summed E-state index contributed by atoms with van der Waals surface area (Å²) in [6.07, 6.45) is 1.83. The van der Waals surface area contributed by atoms with Gasteiger partial charge in [-0.15, -0.1) is 11.3 Å². The molecule has 0 spiro atoms. The third-order valence-electron chi connectivity index (χ3n) is 13.6. The number of hydrogen-bond acceptors (Lipinski definition) is 3. The number of benzene rings is 10. The van der Waals surface area contributed by atoms with Crippen LogP contribution in [0, 0.1) is 5.92 Å². The molecule has 1 aliphatic heterocycles. The lowest BCUT2D eigenvalue weighted by molar-refractivity contribution is 0.446. The van der Waals surface area contributed by atoms with Gasteiger partial charge in [0.05, 0.1) is 28.5 Å². The second-order valence-corrected chi connectivity index (χ2v) is 18.4. The van der Waals surface area contributed by atoms with E-state index < -0.39 is 0 Å². The molecule has 2 aromatic heterocycles. The minimum absolute atomic E-state index is 0.136. The summed E-state index contributed by atoms with van der Waals surface area (Å²) in [5.74, 6) is 1.02. The van der Waals surface area contributed by atoms with Gasteiger partial charge in [-0.2, -0.15) is 0 Å². The van der Waals surface area contributed by atoms with Gasteiger partial charge in [-0.05, 0) is 97.9 Å². The molecular weight excluding hydrogens is 783 g/mol. The van der Waals surface area contributed by atoms with E-state index in [-0.39, 0.29) is 12.0 Å². The Kier molecular flexibility index (Phi) is 8.25. The molecule has 63 heavy (non-hydrogen) atoms. The molecule has 298 valence electrons. The molecule has 0 aliphatic carbocycles. The molecular formula is C59H41N3S. The number of aliphatic imine (C=N–C) groups is 2. The van der Waals surface area contributed by atoms with Crippen molar-refractivity contribution in [2.45, 2.75) is 25.8 Å². The lowest BCUT2D eigenvalue weighted by atomic mass is 9.88. The highest BCUT2D eigenvalue weighted by molar-refractivity contribution is 7.26. The van der Waals surface area contributed by atoms with Crippen LogP contribution in [0.25, 0.3) is 90.8 Å². The largest absolute Gasteiger partial charge is 0.308 e. The zero-order valence-electron chi connectivity index (χ0n) is 34.8. The van der Waals surface area contributed by atoms with Crippen LogP contribution >= 0.6 is 11.3 Å². The Morgan fingerprint density at radius 2 is 1.14 bits per heavy atom. The molecule has 12 aromatic rings. The van der Waals surface area contributed by atoms with Crippen molar-refractivity contribution in [1.82, 2.24) is 4.57 Å². The van der Waals surface area contributed by atoms with Gasteiger partial charge in [-0.25, -0.2) is 4.99 Å². The monoisotopic (exact) mass is 823 g/mol. The fraction of sp³-hybridized carbons (Fsp3) is 0.0847. The van der Waals surface area contributed by atoms with Gasteiger partial charge in [0.25, 0.3) is 0 Å². The minimum Gasteiger partial charge on any atom is -0.308 e. The molecule has 0 bridgehead atoms. The van der Waals surface area contributed by atoms with E-state index >= 15 is 0 Å². The molecule has 3 nitrogen and oxygen atoms in total. The molecule has 0 saturated heterocycles. The third kappa shape index (κ3) is 5.86. The molecule has 0 N–H and O–H groups in total. The fourth-order valence-corrected chi connectivity index (χ4v) is 11.7. The van der Waals surface area contributed by atoms with Gasteiger partial charge in [0, 0.05) is 41.9 Å². The van der Waals surface area contributed by atoms with Gasteiger partial charge >= 0.3 is 0 Å². The summed E-state index contributed by atoms with van der Waals surface area (Å²) in [5.41, 5.74) is 8.14. The van der Waals surface area contributed by atoms with Gasteiger partial charge in [0.1, 0.15) is 0 Å². The van der Waals surface area contributed by atoms with Crippen LogP contribution in [0.2, 0.25) is 0 Å². The topological polar surface area (TPSA) is 29.6 Å². The van der Waals surface area contributed by atoms with Gasteiger partial charge in [0.15, 0.2) is 5.84 Å². The Hall–Kier alpha value is -7.40. The minimum atomic E-state index is -0.136. The van der Waals surface area contributed by atoms with Gasteiger partial charge < -0.3 is 4.57 Å². The number of hydrogen-bond donors (Lipinski definition) is 0. The van der Waals surface area contributed by atoms with E-state index in [1.807, 2.05) is 11.3 Å². The van der Waals surface area contributed by atoms with E-state index in [0.717, 1.165) is 35.5 Å². The number of amidine groups is 1. The van der Waals surface area contributed by atoms with Crippen LogP contribution in [-0.4, -0.2) is 16.1 Å². The average molecular weight is 824 g/mol. The summed E-state index contributed by atoms with van der Waals surface area (Å²) in [7, 11) is 0. The first kappa shape index (κ1) is 36.3. The van der Waals surface area contributed by atoms with E-state index in [1.165, 1.54) is 96.3 Å². The van der Waals surface area contributed by atoms with Crippen LogP contribution in [0.1, 0.15) is 42.5 Å². The molecule has 10 aromatic carbocycles. The number of aromatic nitrogens is 1. The second-order valence-electron chi connectivity index (χ2n) is 17.3. The van der Waals surface area contributed by atoms with Gasteiger partial charge in [-0.1, -0.05) is 171 Å². The van der Waals surface area contributed by atoms with Crippen molar-refractivity contribution in [3.05, 3.63) is 211 Å². The third-order valence-corrected chi connectivity index (χ3v) is 14.7. The average Bonchev–Trinajstić information content (AvgIpc) is 3.88. The van der Waals surface area contributed by atoms with E-state index in [9.17, 15) is 0 Å². The predicted molar refractivity (Wildman–Crippen MR) is 271 cm³/mol. The van der Waals surface area contributed by atoms with Gasteiger partial charge in [0.2, 0.25) is 0 Å². The maximum Gasteiger partial charge on any atom is 0.155 e. The molecule has 3 heterocycles. The smallest absolute Gasteiger partial charge is 0.155 e. The van der Waals surface area contributed by atoms with Crippen LogP contribution in [0.4, 0.5) is 0 Å². The molecule has 13 rings (SSSR count). The highest BCUT2D eigenvalue weighted by atomic mass is 32.1. The Balaban J connectivity index is 1.14. The first-order chi connectivity index (χ1) is 31.1. The van der Waals surface area contributed by atoms with E-state index in [1.54, 1.807) is 0 Å². The second kappa shape index (κ2) is 14.3. The first-order valence-corrected chi connectivity index (χ1v) is 22.9. The molecule has 0 radical (unpaired) electrons. The predicted octanol–water partition coefficient (Wildman–Crippen LogP) is 16.2. The quantitative estimate of drug-likeness (QED) is 0.169. The SMILES string of the molecule is CC1CCC(c2ccccc2)=NC(c2ccc3ccccc3c2)=NC1c1cc(-n2c3cc4ccccc4cc3c3ccc4ccccc4c32)c2c(c1)sc1c3ccccc3ccc12.